The molecular formula is C18H22BrClIN7O. The molecule has 0 bridgehead atoms. The van der Waals surface area contributed by atoms with Gasteiger partial charge in [-0.2, -0.15) is 0 Å². The number of nitrogens with two attached hydrogens (primary N) is 2. The van der Waals surface area contributed by atoms with Crippen molar-refractivity contribution in [3.63, 3.8) is 0 Å². The Morgan fingerprint density at radius 1 is 1.28 bits per heavy atom. The van der Waals surface area contributed by atoms with Crippen molar-refractivity contribution in [3.8, 4) is 0 Å². The Morgan fingerprint density at radius 2 is 2.00 bits per heavy atom. The van der Waals surface area contributed by atoms with Crippen molar-refractivity contribution in [2.75, 3.05) is 11.5 Å². The number of fused-ring (bicyclic) bond motifs is 1. The molecule has 0 fully saturated rings. The van der Waals surface area contributed by atoms with E-state index in [4.69, 9.17) is 23.1 Å². The van der Waals surface area contributed by atoms with Gasteiger partial charge in [0, 0.05) is 10.5 Å². The molecule has 156 valence electrons. The van der Waals surface area contributed by atoms with Crippen LogP contribution in [0.2, 0.25) is 5.15 Å². The molecule has 11 heteroatoms. The second-order valence-electron chi connectivity index (χ2n) is 6.26. The third kappa shape index (κ3) is 4.75. The van der Waals surface area contributed by atoms with Crippen molar-refractivity contribution in [2.45, 2.75) is 39.9 Å². The van der Waals surface area contributed by atoms with E-state index in [-0.39, 0.29) is 46.5 Å². The molecule has 0 radical (unpaired) electrons. The van der Waals surface area contributed by atoms with Crippen LogP contribution in [0.4, 0.5) is 11.6 Å². The zero-order valence-electron chi connectivity index (χ0n) is 16.0. The van der Waals surface area contributed by atoms with Crippen LogP contribution in [-0.4, -0.2) is 20.4 Å². The minimum atomic E-state index is -0.455. The molecule has 2 heterocycles. The molecule has 3 rings (SSSR count). The SMILES string of the molecule is CCC[n+]1c(CNC(=O)c2nc(Cl)c(N)nc2N)n(CC)c2cc(Br)ccc21.[I-]. The van der Waals surface area contributed by atoms with Crippen LogP contribution in [0, 0.1) is 0 Å². The number of nitrogens with one attached hydrogen (secondary N) is 1. The highest BCUT2D eigenvalue weighted by atomic mass is 127. The number of amides is 1. The monoisotopic (exact) mass is 593 g/mol. The van der Waals surface area contributed by atoms with Crippen molar-refractivity contribution >= 4 is 56.1 Å². The molecule has 8 nitrogen and oxygen atoms in total. The van der Waals surface area contributed by atoms with Gasteiger partial charge in [-0.05, 0) is 25.5 Å². The number of benzene rings is 1. The van der Waals surface area contributed by atoms with Gasteiger partial charge in [0.15, 0.2) is 33.5 Å². The van der Waals surface area contributed by atoms with Crippen LogP contribution in [-0.2, 0) is 19.6 Å². The van der Waals surface area contributed by atoms with Crippen molar-refractivity contribution in [1.29, 1.82) is 0 Å². The van der Waals surface area contributed by atoms with E-state index in [0.717, 1.165) is 40.8 Å². The van der Waals surface area contributed by atoms with E-state index >= 15 is 0 Å². The summed E-state index contributed by atoms with van der Waals surface area (Å²) in [5, 5.41) is 2.83. The predicted octanol–water partition coefficient (Wildman–Crippen LogP) is -0.337. The van der Waals surface area contributed by atoms with Crippen molar-refractivity contribution in [1.82, 2.24) is 19.9 Å². The Bertz CT molecular complexity index is 1060. The summed E-state index contributed by atoms with van der Waals surface area (Å²) in [4.78, 5) is 20.4. The summed E-state index contributed by atoms with van der Waals surface area (Å²) in [6.45, 7) is 6.11. The highest BCUT2D eigenvalue weighted by molar-refractivity contribution is 9.10. The minimum Gasteiger partial charge on any atom is -1.00 e. The first-order valence-corrected chi connectivity index (χ1v) is 10.1. The Hall–Kier alpha value is -1.66. The quantitative estimate of drug-likeness (QED) is 0.267. The smallest absolute Gasteiger partial charge is 0.277 e. The maximum Gasteiger partial charge on any atom is 0.277 e. The Balaban J connectivity index is 0.00000300. The van der Waals surface area contributed by atoms with Crippen LogP contribution in [0.3, 0.4) is 0 Å². The topological polar surface area (TPSA) is 116 Å². The molecule has 0 aliphatic carbocycles. The lowest BCUT2D eigenvalue weighted by Gasteiger charge is -2.08. The fraction of sp³-hybridized carbons (Fsp3) is 0.333. The maximum atomic E-state index is 12.6. The van der Waals surface area contributed by atoms with Gasteiger partial charge in [0.2, 0.25) is 0 Å². The number of aromatic nitrogens is 4. The fourth-order valence-corrected chi connectivity index (χ4v) is 3.71. The minimum absolute atomic E-state index is 0. The number of carbonyl (C=O) groups excluding carboxylic acids is 1. The summed E-state index contributed by atoms with van der Waals surface area (Å²) in [7, 11) is 0. The number of hydrogen-bond donors (Lipinski definition) is 3. The van der Waals surface area contributed by atoms with Gasteiger partial charge >= 0.3 is 0 Å². The largest absolute Gasteiger partial charge is 1.00 e. The standard InChI is InChI=1S/C18H21BrClN7O.HI/c1-3-7-27-11-6-5-10(19)8-12(11)26(4-2)13(27)9-23-18(28)14-16(21)25-17(22)15(20)24-14;/h5-6,8H,3-4,7,9H2,1-2H3,(H4-,21,22,23,25,28);1H. The number of rotatable bonds is 6. The van der Waals surface area contributed by atoms with Crippen molar-refractivity contribution in [2.24, 2.45) is 0 Å². The molecule has 3 aromatic rings. The van der Waals surface area contributed by atoms with Gasteiger partial charge in [-0.15, -0.1) is 0 Å². The molecule has 0 unspecified atom stereocenters. The normalized spacial score (nSPS) is 10.8. The van der Waals surface area contributed by atoms with E-state index in [1.165, 1.54) is 0 Å². The molecule has 0 aliphatic rings. The van der Waals surface area contributed by atoms with Gasteiger partial charge in [0.25, 0.3) is 11.7 Å². The molecule has 1 amide bonds. The highest BCUT2D eigenvalue weighted by Gasteiger charge is 2.25. The van der Waals surface area contributed by atoms with E-state index in [9.17, 15) is 4.79 Å². The summed E-state index contributed by atoms with van der Waals surface area (Å²) < 4.78 is 5.41. The molecule has 2 aromatic heterocycles. The van der Waals surface area contributed by atoms with Gasteiger partial charge < -0.3 is 40.8 Å². The van der Waals surface area contributed by atoms with E-state index in [1.54, 1.807) is 0 Å². The van der Waals surface area contributed by atoms with Gasteiger partial charge in [0.05, 0.1) is 13.1 Å². The Morgan fingerprint density at radius 3 is 2.66 bits per heavy atom. The zero-order valence-corrected chi connectivity index (χ0v) is 20.5. The van der Waals surface area contributed by atoms with Crippen LogP contribution < -0.4 is 45.3 Å². The van der Waals surface area contributed by atoms with Gasteiger partial charge in [-0.1, -0.05) is 34.5 Å². The third-order valence-corrected chi connectivity index (χ3v) is 5.20. The van der Waals surface area contributed by atoms with E-state index < -0.39 is 5.91 Å². The molecular weight excluding hydrogens is 573 g/mol. The van der Waals surface area contributed by atoms with Gasteiger partial charge in [-0.25, -0.2) is 19.1 Å². The highest BCUT2D eigenvalue weighted by Crippen LogP contribution is 2.21. The number of imidazole rings is 1. The molecule has 29 heavy (non-hydrogen) atoms. The van der Waals surface area contributed by atoms with Gasteiger partial charge in [-0.3, -0.25) is 4.79 Å². The molecule has 0 saturated heterocycles. The van der Waals surface area contributed by atoms with Gasteiger partial charge in [0.1, 0.15) is 6.54 Å². The first-order valence-electron chi connectivity index (χ1n) is 8.94. The van der Waals surface area contributed by atoms with Crippen molar-refractivity contribution in [3.05, 3.63) is 39.3 Å². The molecule has 1 aromatic carbocycles. The first kappa shape index (κ1) is 23.6. The summed E-state index contributed by atoms with van der Waals surface area (Å²) in [6, 6.07) is 6.18. The van der Waals surface area contributed by atoms with Crippen LogP contribution in [0.1, 0.15) is 36.6 Å². The number of nitrogen functional groups attached to an aromatic ring is 2. The summed E-state index contributed by atoms with van der Waals surface area (Å²) in [6.07, 6.45) is 0.969. The summed E-state index contributed by atoms with van der Waals surface area (Å²) in [5.41, 5.74) is 13.5. The lowest BCUT2D eigenvalue weighted by molar-refractivity contribution is -0.680. The number of anilines is 2. The number of carbonyl (C=O) groups is 1. The van der Waals surface area contributed by atoms with E-state index in [2.05, 4.69) is 66.3 Å². The molecule has 5 N–H and O–H groups in total. The van der Waals surface area contributed by atoms with Crippen LogP contribution in [0.5, 0.6) is 0 Å². The second-order valence-corrected chi connectivity index (χ2v) is 7.54. The van der Waals surface area contributed by atoms with E-state index in [1.807, 2.05) is 6.07 Å². The Labute approximate surface area is 199 Å². The first-order chi connectivity index (χ1) is 13.4. The predicted molar refractivity (Wildman–Crippen MR) is 113 cm³/mol. The summed E-state index contributed by atoms with van der Waals surface area (Å²) >= 11 is 9.42. The second kappa shape index (κ2) is 9.90. The van der Waals surface area contributed by atoms with E-state index in [0.29, 0.717) is 6.54 Å². The number of nitrogens with zero attached hydrogens (tertiary/aromatic N) is 4. The molecule has 0 atom stereocenters. The van der Waals surface area contributed by atoms with Crippen LogP contribution >= 0.6 is 27.5 Å². The third-order valence-electron chi connectivity index (χ3n) is 4.43. The number of aryl methyl sites for hydroxylation is 2. The van der Waals surface area contributed by atoms with Crippen LogP contribution in [0.25, 0.3) is 11.0 Å². The molecule has 0 saturated carbocycles. The molecule has 0 aliphatic heterocycles. The molecule has 0 spiro atoms. The lowest BCUT2D eigenvalue weighted by Crippen LogP contribution is -3.00. The lowest BCUT2D eigenvalue weighted by atomic mass is 10.3. The fourth-order valence-electron chi connectivity index (χ4n) is 3.23. The average molecular weight is 595 g/mol. The zero-order chi connectivity index (χ0) is 20.4. The summed E-state index contributed by atoms with van der Waals surface area (Å²) in [5.74, 6) is 0.469. The maximum absolute atomic E-state index is 12.6. The van der Waals surface area contributed by atoms with Crippen LogP contribution in [0.15, 0.2) is 22.7 Å². The number of halogens is 3. The van der Waals surface area contributed by atoms with Crippen molar-refractivity contribution < 1.29 is 33.3 Å². The Kier molecular flexibility index (Phi) is 8.06. The average Bonchev–Trinajstić information content (AvgIpc) is 2.94. The number of hydrogen-bond acceptors (Lipinski definition) is 5.